The fourth-order valence-electron chi connectivity index (χ4n) is 4.75. The minimum absolute atomic E-state index is 0.0724. The zero-order valence-electron chi connectivity index (χ0n) is 24.3. The summed E-state index contributed by atoms with van der Waals surface area (Å²) in [6.45, 7) is 8.98. The number of benzene rings is 2. The largest absolute Gasteiger partial charge is 0.496 e. The zero-order valence-corrected chi connectivity index (χ0v) is 24.3. The third-order valence-corrected chi connectivity index (χ3v) is 6.93. The van der Waals surface area contributed by atoms with Crippen LogP contribution in [0.4, 0.5) is 10.1 Å². The van der Waals surface area contributed by atoms with E-state index < -0.39 is 6.04 Å². The molecule has 0 spiro atoms. The highest BCUT2D eigenvalue weighted by Gasteiger charge is 2.25. The Labute approximate surface area is 236 Å². The van der Waals surface area contributed by atoms with Gasteiger partial charge in [0, 0.05) is 24.7 Å². The lowest BCUT2D eigenvalue weighted by molar-refractivity contribution is -0.116. The van der Waals surface area contributed by atoms with Crippen LogP contribution in [-0.2, 0) is 11.3 Å². The zero-order chi connectivity index (χ0) is 29.2. The number of amides is 2. The monoisotopic (exact) mass is 552 g/mol. The molecule has 3 rings (SSSR count). The number of aromatic nitrogens is 2. The molecule has 216 valence electrons. The first kappa shape index (κ1) is 30.7. The fraction of sp³-hybridized carbons (Fsp3) is 0.452. The Morgan fingerprint density at radius 2 is 1.62 bits per heavy atom. The molecule has 0 radical (unpaired) electrons. The Hall–Kier alpha value is -3.88. The number of hydrogen-bond donors (Lipinski definition) is 2. The van der Waals surface area contributed by atoms with Gasteiger partial charge in [-0.2, -0.15) is 5.10 Å². The number of ether oxygens (including phenoxy) is 2. The number of nitrogens with zero attached hydrogens (tertiary/aromatic N) is 2. The van der Waals surface area contributed by atoms with Gasteiger partial charge in [0.15, 0.2) is 5.69 Å². The van der Waals surface area contributed by atoms with Crippen LogP contribution < -0.4 is 20.1 Å². The number of anilines is 1. The molecule has 0 saturated carbocycles. The van der Waals surface area contributed by atoms with Crippen LogP contribution in [0.15, 0.2) is 48.5 Å². The van der Waals surface area contributed by atoms with E-state index >= 15 is 0 Å². The third-order valence-electron chi connectivity index (χ3n) is 6.93. The lowest BCUT2D eigenvalue weighted by Crippen LogP contribution is -2.38. The number of carbonyl (C=O) groups is 2. The van der Waals surface area contributed by atoms with Gasteiger partial charge in [0.05, 0.1) is 25.5 Å². The standard InChI is InChI=1S/C31H41FN4O4/c1-7-21(8-2)19-36-26(30-27(39-5)10-9-11-28(30)40-6)18-25(35-36)31(38)34-24(16-20(3)4)17-29(37)33-23-14-12-22(32)13-15-23/h9-15,18,20-21,24H,7-8,16-17,19H2,1-6H3,(H,33,37)(H,34,38)/t24-/m0/s1. The average molecular weight is 553 g/mol. The Morgan fingerprint density at radius 1 is 1.00 bits per heavy atom. The molecule has 2 N–H and O–H groups in total. The smallest absolute Gasteiger partial charge is 0.272 e. The van der Waals surface area contributed by atoms with Gasteiger partial charge in [0.2, 0.25) is 5.91 Å². The van der Waals surface area contributed by atoms with Crippen molar-refractivity contribution in [3.8, 4) is 22.8 Å². The van der Waals surface area contributed by atoms with Crippen LogP contribution in [-0.4, -0.2) is 41.9 Å². The summed E-state index contributed by atoms with van der Waals surface area (Å²) in [4.78, 5) is 26.3. The van der Waals surface area contributed by atoms with E-state index in [1.807, 2.05) is 36.7 Å². The van der Waals surface area contributed by atoms with Crippen LogP contribution in [0.5, 0.6) is 11.5 Å². The molecule has 0 aliphatic carbocycles. The maximum atomic E-state index is 13.5. The van der Waals surface area contributed by atoms with Gasteiger partial charge in [-0.3, -0.25) is 14.3 Å². The van der Waals surface area contributed by atoms with Crippen molar-refractivity contribution in [2.75, 3.05) is 19.5 Å². The van der Waals surface area contributed by atoms with Crippen molar-refractivity contribution in [1.82, 2.24) is 15.1 Å². The summed E-state index contributed by atoms with van der Waals surface area (Å²) in [5.41, 5.74) is 2.20. The van der Waals surface area contributed by atoms with Crippen molar-refractivity contribution in [3.63, 3.8) is 0 Å². The van der Waals surface area contributed by atoms with Crippen LogP contribution in [0.25, 0.3) is 11.3 Å². The average Bonchev–Trinajstić information content (AvgIpc) is 3.35. The van der Waals surface area contributed by atoms with E-state index in [0.717, 1.165) is 24.1 Å². The van der Waals surface area contributed by atoms with Gasteiger partial charge in [-0.15, -0.1) is 0 Å². The van der Waals surface area contributed by atoms with Crippen molar-refractivity contribution in [2.45, 2.75) is 66.0 Å². The highest BCUT2D eigenvalue weighted by atomic mass is 19.1. The van der Waals surface area contributed by atoms with Crippen LogP contribution in [0.3, 0.4) is 0 Å². The van der Waals surface area contributed by atoms with E-state index in [9.17, 15) is 14.0 Å². The van der Waals surface area contributed by atoms with E-state index in [4.69, 9.17) is 14.6 Å². The van der Waals surface area contributed by atoms with Gasteiger partial charge < -0.3 is 20.1 Å². The molecule has 3 aromatic rings. The second kappa shape index (κ2) is 14.5. The molecule has 0 unspecified atom stereocenters. The summed E-state index contributed by atoms with van der Waals surface area (Å²) in [7, 11) is 3.20. The molecule has 2 amide bonds. The van der Waals surface area contributed by atoms with Gasteiger partial charge in [-0.1, -0.05) is 46.6 Å². The Bertz CT molecular complexity index is 1250. The molecule has 1 aromatic heterocycles. The SMILES string of the molecule is CCC(CC)Cn1nc(C(=O)N[C@H](CC(=O)Nc2ccc(F)cc2)CC(C)C)cc1-c1c(OC)cccc1OC. The summed E-state index contributed by atoms with van der Waals surface area (Å²) in [5.74, 6) is 0.842. The number of hydrogen-bond acceptors (Lipinski definition) is 5. The number of rotatable bonds is 14. The lowest BCUT2D eigenvalue weighted by Gasteiger charge is -2.20. The van der Waals surface area contributed by atoms with Crippen LogP contribution >= 0.6 is 0 Å². The van der Waals surface area contributed by atoms with E-state index in [1.54, 1.807) is 20.3 Å². The van der Waals surface area contributed by atoms with E-state index in [0.29, 0.717) is 36.1 Å². The van der Waals surface area contributed by atoms with Crippen molar-refractivity contribution in [2.24, 2.45) is 11.8 Å². The highest BCUT2D eigenvalue weighted by molar-refractivity contribution is 5.95. The summed E-state index contributed by atoms with van der Waals surface area (Å²) >= 11 is 0. The molecule has 1 atom stereocenters. The molecular weight excluding hydrogens is 511 g/mol. The molecular formula is C31H41FN4O4. The molecule has 0 bridgehead atoms. The van der Waals surface area contributed by atoms with Crippen LogP contribution in [0, 0.1) is 17.7 Å². The van der Waals surface area contributed by atoms with Crippen molar-refractivity contribution >= 4 is 17.5 Å². The summed E-state index contributed by atoms with van der Waals surface area (Å²) < 4.78 is 26.4. The molecule has 0 fully saturated rings. The second-order valence-corrected chi connectivity index (χ2v) is 10.4. The third kappa shape index (κ3) is 8.07. The molecule has 9 heteroatoms. The fourth-order valence-corrected chi connectivity index (χ4v) is 4.75. The number of nitrogens with one attached hydrogen (secondary N) is 2. The molecule has 40 heavy (non-hydrogen) atoms. The minimum atomic E-state index is -0.415. The van der Waals surface area contributed by atoms with Gasteiger partial charge in [0.1, 0.15) is 17.3 Å². The number of carbonyl (C=O) groups excluding carboxylic acids is 2. The van der Waals surface area contributed by atoms with E-state index in [-0.39, 0.29) is 35.7 Å². The summed E-state index contributed by atoms with van der Waals surface area (Å²) in [5, 5.41) is 10.5. The van der Waals surface area contributed by atoms with Gasteiger partial charge >= 0.3 is 0 Å². The molecule has 1 heterocycles. The molecule has 8 nitrogen and oxygen atoms in total. The molecule has 2 aromatic carbocycles. The summed E-state index contributed by atoms with van der Waals surface area (Å²) in [6, 6.07) is 12.5. The maximum Gasteiger partial charge on any atom is 0.272 e. The van der Waals surface area contributed by atoms with Gasteiger partial charge in [-0.05, 0) is 60.7 Å². The van der Waals surface area contributed by atoms with Crippen molar-refractivity contribution in [1.29, 1.82) is 0 Å². The van der Waals surface area contributed by atoms with Crippen LogP contribution in [0.2, 0.25) is 0 Å². The van der Waals surface area contributed by atoms with Crippen molar-refractivity contribution < 1.29 is 23.5 Å². The topological polar surface area (TPSA) is 94.5 Å². The minimum Gasteiger partial charge on any atom is -0.496 e. The molecule has 0 aliphatic rings. The predicted octanol–water partition coefficient (Wildman–Crippen LogP) is 6.32. The quantitative estimate of drug-likeness (QED) is 0.244. The lowest BCUT2D eigenvalue weighted by atomic mass is 10.0. The van der Waals surface area contributed by atoms with E-state index in [2.05, 4.69) is 24.5 Å². The van der Waals surface area contributed by atoms with Gasteiger partial charge in [-0.25, -0.2) is 4.39 Å². The second-order valence-electron chi connectivity index (χ2n) is 10.4. The van der Waals surface area contributed by atoms with Gasteiger partial charge in [0.25, 0.3) is 5.91 Å². The first-order valence-electron chi connectivity index (χ1n) is 13.8. The summed E-state index contributed by atoms with van der Waals surface area (Å²) in [6.07, 6.45) is 2.62. The first-order chi connectivity index (χ1) is 19.2. The van der Waals surface area contributed by atoms with Crippen molar-refractivity contribution in [3.05, 3.63) is 60.0 Å². The highest BCUT2D eigenvalue weighted by Crippen LogP contribution is 2.39. The number of halogens is 1. The first-order valence-corrected chi connectivity index (χ1v) is 13.8. The Morgan fingerprint density at radius 3 is 2.17 bits per heavy atom. The number of methoxy groups -OCH3 is 2. The Kier molecular flexibility index (Phi) is 11.1. The normalized spacial score (nSPS) is 11.9. The molecule has 0 aliphatic heterocycles. The predicted molar refractivity (Wildman–Crippen MR) is 155 cm³/mol. The van der Waals surface area contributed by atoms with E-state index in [1.165, 1.54) is 24.3 Å². The Balaban J connectivity index is 1.90. The molecule has 0 saturated heterocycles. The van der Waals surface area contributed by atoms with Crippen LogP contribution in [0.1, 0.15) is 63.9 Å². The maximum absolute atomic E-state index is 13.5.